The zero-order valence-electron chi connectivity index (χ0n) is 10.4. The minimum Gasteiger partial charge on any atom is -0.456 e. The lowest BCUT2D eigenvalue weighted by Crippen LogP contribution is -2.01. The largest absolute Gasteiger partial charge is 0.456 e. The molecule has 0 amide bonds. The highest BCUT2D eigenvalue weighted by Gasteiger charge is 2.12. The SMILES string of the molecule is Bc1cc(Cl)cc2c1oc1c3ccccc3ccc21. The van der Waals surface area contributed by atoms with Gasteiger partial charge < -0.3 is 4.42 Å². The Balaban J connectivity index is 2.31. The van der Waals surface area contributed by atoms with Crippen LogP contribution in [-0.2, 0) is 0 Å². The normalized spacial score (nSPS) is 11.6. The van der Waals surface area contributed by atoms with Crippen molar-refractivity contribution in [1.82, 2.24) is 0 Å². The maximum absolute atomic E-state index is 6.16. The Hall–Kier alpha value is -1.93. The van der Waals surface area contributed by atoms with Crippen LogP contribution in [0.25, 0.3) is 32.7 Å². The first kappa shape index (κ1) is 10.9. The van der Waals surface area contributed by atoms with E-state index in [1.54, 1.807) is 0 Å². The number of hydrogen-bond acceptors (Lipinski definition) is 1. The molecule has 0 aliphatic rings. The van der Waals surface area contributed by atoms with Crippen LogP contribution < -0.4 is 5.46 Å². The van der Waals surface area contributed by atoms with Gasteiger partial charge in [-0.25, -0.2) is 0 Å². The van der Waals surface area contributed by atoms with Gasteiger partial charge in [-0.05, 0) is 29.0 Å². The molecule has 0 fully saturated rings. The van der Waals surface area contributed by atoms with E-state index in [1.165, 1.54) is 5.39 Å². The number of benzene rings is 3. The van der Waals surface area contributed by atoms with Crippen molar-refractivity contribution in [2.75, 3.05) is 0 Å². The monoisotopic (exact) mass is 264 g/mol. The number of halogens is 1. The van der Waals surface area contributed by atoms with E-state index in [0.717, 1.165) is 37.8 Å². The highest BCUT2D eigenvalue weighted by molar-refractivity contribution is 6.42. The molecule has 0 aliphatic carbocycles. The molecule has 19 heavy (non-hydrogen) atoms. The van der Waals surface area contributed by atoms with Gasteiger partial charge in [0.1, 0.15) is 19.0 Å². The third-order valence-electron chi connectivity index (χ3n) is 3.61. The van der Waals surface area contributed by atoms with Crippen LogP contribution in [0.15, 0.2) is 52.9 Å². The van der Waals surface area contributed by atoms with Crippen molar-refractivity contribution in [3.63, 3.8) is 0 Å². The Labute approximate surface area is 116 Å². The fourth-order valence-electron chi connectivity index (χ4n) is 2.73. The van der Waals surface area contributed by atoms with Crippen LogP contribution in [-0.4, -0.2) is 7.85 Å². The van der Waals surface area contributed by atoms with E-state index >= 15 is 0 Å². The molecule has 1 heterocycles. The highest BCUT2D eigenvalue weighted by Crippen LogP contribution is 2.34. The summed E-state index contributed by atoms with van der Waals surface area (Å²) in [4.78, 5) is 0. The molecule has 0 saturated heterocycles. The number of furan rings is 1. The third kappa shape index (κ3) is 1.50. The highest BCUT2D eigenvalue weighted by atomic mass is 35.5. The Kier molecular flexibility index (Phi) is 2.18. The molecule has 0 aliphatic heterocycles. The molecule has 1 aromatic heterocycles. The van der Waals surface area contributed by atoms with Gasteiger partial charge >= 0.3 is 0 Å². The Bertz CT molecular complexity index is 940. The second-order valence-corrected chi connectivity index (χ2v) is 5.30. The molecule has 0 atom stereocenters. The minimum absolute atomic E-state index is 0.751. The van der Waals surface area contributed by atoms with E-state index in [4.69, 9.17) is 16.0 Å². The summed E-state index contributed by atoms with van der Waals surface area (Å²) in [6.07, 6.45) is 0. The summed E-state index contributed by atoms with van der Waals surface area (Å²) in [5.74, 6) is 0. The van der Waals surface area contributed by atoms with Crippen molar-refractivity contribution in [3.8, 4) is 0 Å². The molecule has 0 spiro atoms. The van der Waals surface area contributed by atoms with Crippen LogP contribution in [0, 0.1) is 0 Å². The topological polar surface area (TPSA) is 13.1 Å². The van der Waals surface area contributed by atoms with Crippen molar-refractivity contribution >= 4 is 57.6 Å². The summed E-state index contributed by atoms with van der Waals surface area (Å²) in [7, 11) is 2.03. The fraction of sp³-hybridized carbons (Fsp3) is 0. The smallest absolute Gasteiger partial charge is 0.144 e. The van der Waals surface area contributed by atoms with Gasteiger partial charge in [0.2, 0.25) is 0 Å². The van der Waals surface area contributed by atoms with Crippen LogP contribution in [0.4, 0.5) is 0 Å². The van der Waals surface area contributed by atoms with Gasteiger partial charge in [-0.1, -0.05) is 41.9 Å². The van der Waals surface area contributed by atoms with Crippen molar-refractivity contribution in [2.24, 2.45) is 0 Å². The molecular formula is C16H10BClO. The standard InChI is InChI=1S/C16H10BClO/c17-14-8-10(18)7-13-12-6-5-9-3-1-2-4-11(9)15(12)19-16(13)14/h1-8H,17H2. The Morgan fingerprint density at radius 1 is 0.842 bits per heavy atom. The molecule has 0 radical (unpaired) electrons. The second-order valence-electron chi connectivity index (χ2n) is 4.86. The lowest BCUT2D eigenvalue weighted by molar-refractivity contribution is 0.675. The maximum Gasteiger partial charge on any atom is 0.144 e. The summed E-state index contributed by atoms with van der Waals surface area (Å²) in [6, 6.07) is 16.4. The first-order valence-corrected chi connectivity index (χ1v) is 6.62. The summed E-state index contributed by atoms with van der Waals surface area (Å²) < 4.78 is 6.09. The van der Waals surface area contributed by atoms with Gasteiger partial charge in [0.15, 0.2) is 0 Å². The van der Waals surface area contributed by atoms with Crippen molar-refractivity contribution in [2.45, 2.75) is 0 Å². The van der Waals surface area contributed by atoms with Crippen molar-refractivity contribution in [3.05, 3.63) is 53.6 Å². The predicted octanol–water partition coefficient (Wildman–Crippen LogP) is 3.65. The van der Waals surface area contributed by atoms with Gasteiger partial charge in [-0.3, -0.25) is 0 Å². The average Bonchev–Trinajstić information content (AvgIpc) is 2.78. The van der Waals surface area contributed by atoms with E-state index in [2.05, 4.69) is 24.3 Å². The van der Waals surface area contributed by atoms with E-state index < -0.39 is 0 Å². The zero-order chi connectivity index (χ0) is 13.0. The molecule has 4 rings (SSSR count). The summed E-state index contributed by atoms with van der Waals surface area (Å²) in [5.41, 5.74) is 2.94. The lowest BCUT2D eigenvalue weighted by Gasteiger charge is -1.97. The molecule has 90 valence electrons. The first-order valence-electron chi connectivity index (χ1n) is 6.24. The molecule has 0 N–H and O–H groups in total. The fourth-order valence-corrected chi connectivity index (χ4v) is 3.01. The predicted molar refractivity (Wildman–Crippen MR) is 84.4 cm³/mol. The molecule has 0 unspecified atom stereocenters. The number of rotatable bonds is 0. The van der Waals surface area contributed by atoms with Crippen LogP contribution in [0.5, 0.6) is 0 Å². The molecule has 4 aromatic rings. The van der Waals surface area contributed by atoms with E-state index in [1.807, 2.05) is 32.1 Å². The average molecular weight is 265 g/mol. The molecule has 3 heteroatoms. The number of fused-ring (bicyclic) bond motifs is 5. The van der Waals surface area contributed by atoms with E-state index in [-0.39, 0.29) is 0 Å². The lowest BCUT2D eigenvalue weighted by atomic mass is 9.94. The van der Waals surface area contributed by atoms with Crippen molar-refractivity contribution < 1.29 is 4.42 Å². The number of hydrogen-bond donors (Lipinski definition) is 0. The van der Waals surface area contributed by atoms with Crippen LogP contribution in [0.2, 0.25) is 5.02 Å². The van der Waals surface area contributed by atoms with Crippen LogP contribution in [0.1, 0.15) is 0 Å². The molecule has 3 aromatic carbocycles. The van der Waals surface area contributed by atoms with Gasteiger partial charge in [0, 0.05) is 21.2 Å². The van der Waals surface area contributed by atoms with E-state index in [9.17, 15) is 0 Å². The van der Waals surface area contributed by atoms with Gasteiger partial charge in [0.05, 0.1) is 0 Å². The first-order chi connectivity index (χ1) is 9.24. The van der Waals surface area contributed by atoms with Crippen molar-refractivity contribution in [1.29, 1.82) is 0 Å². The Morgan fingerprint density at radius 3 is 2.58 bits per heavy atom. The summed E-state index contributed by atoms with van der Waals surface area (Å²) in [5, 5.41) is 5.30. The molecular weight excluding hydrogens is 254 g/mol. The third-order valence-corrected chi connectivity index (χ3v) is 3.83. The maximum atomic E-state index is 6.16. The Morgan fingerprint density at radius 2 is 1.68 bits per heavy atom. The quantitative estimate of drug-likeness (QED) is 0.442. The van der Waals surface area contributed by atoms with Gasteiger partial charge in [-0.15, -0.1) is 0 Å². The second kappa shape index (κ2) is 3.78. The van der Waals surface area contributed by atoms with Crippen LogP contribution in [0.3, 0.4) is 0 Å². The molecule has 0 bridgehead atoms. The molecule has 0 saturated carbocycles. The summed E-state index contributed by atoms with van der Waals surface area (Å²) in [6.45, 7) is 0. The molecule has 1 nitrogen and oxygen atoms in total. The van der Waals surface area contributed by atoms with Gasteiger partial charge in [-0.2, -0.15) is 0 Å². The summed E-state index contributed by atoms with van der Waals surface area (Å²) >= 11 is 6.16. The zero-order valence-corrected chi connectivity index (χ0v) is 11.2. The van der Waals surface area contributed by atoms with E-state index in [0.29, 0.717) is 0 Å². The van der Waals surface area contributed by atoms with Crippen LogP contribution >= 0.6 is 11.6 Å². The van der Waals surface area contributed by atoms with Gasteiger partial charge in [0.25, 0.3) is 0 Å². The minimum atomic E-state index is 0.751.